The van der Waals surface area contributed by atoms with Crippen LogP contribution < -0.4 is 11.5 Å². The predicted molar refractivity (Wildman–Crippen MR) is 89.7 cm³/mol. The number of rotatable bonds is 0. The third-order valence-electron chi connectivity index (χ3n) is 4.33. The lowest BCUT2D eigenvalue weighted by molar-refractivity contribution is -0.143. The molecule has 1 unspecified atom stereocenters. The van der Waals surface area contributed by atoms with Crippen molar-refractivity contribution < 1.29 is 26.3 Å². The fourth-order valence-electron chi connectivity index (χ4n) is 2.99. The first-order valence-electron chi connectivity index (χ1n) is 8.15. The van der Waals surface area contributed by atoms with E-state index in [1.165, 1.54) is 0 Å². The van der Waals surface area contributed by atoms with Crippen molar-refractivity contribution in [2.45, 2.75) is 31.6 Å². The number of aryl methyl sites for hydroxylation is 1. The van der Waals surface area contributed by atoms with Crippen LogP contribution in [0.1, 0.15) is 34.4 Å². The van der Waals surface area contributed by atoms with Gasteiger partial charge in [0.15, 0.2) is 0 Å². The van der Waals surface area contributed by atoms with Crippen molar-refractivity contribution in [3.05, 3.63) is 46.1 Å². The van der Waals surface area contributed by atoms with Crippen LogP contribution in [0.4, 0.5) is 38.1 Å². The lowest BCUT2D eigenvalue weighted by atomic mass is 9.87. The average molecular weight is 400 g/mol. The SMILES string of the molecule is Nc1nc(N)c2c(n1)CCC(C#Cc1cc(C(F)(F)F)cc(C(F)(F)F)c1)C2. The molecule has 0 fully saturated rings. The van der Waals surface area contributed by atoms with Crippen molar-refractivity contribution in [3.63, 3.8) is 0 Å². The number of nitrogens with two attached hydrogens (primary N) is 2. The number of nitrogen functional groups attached to an aromatic ring is 2. The summed E-state index contributed by atoms with van der Waals surface area (Å²) in [5, 5.41) is 0. The molecule has 3 rings (SSSR count). The lowest BCUT2D eigenvalue weighted by Crippen LogP contribution is -2.18. The second-order valence-corrected chi connectivity index (χ2v) is 6.40. The van der Waals surface area contributed by atoms with Crippen LogP contribution in [0.3, 0.4) is 0 Å². The molecule has 0 spiro atoms. The normalized spacial score (nSPS) is 16.9. The van der Waals surface area contributed by atoms with Gasteiger partial charge in [-0.1, -0.05) is 11.8 Å². The molecule has 0 amide bonds. The number of alkyl halides is 6. The minimum Gasteiger partial charge on any atom is -0.383 e. The number of fused-ring (bicyclic) bond motifs is 1. The number of hydrogen-bond acceptors (Lipinski definition) is 4. The quantitative estimate of drug-likeness (QED) is 0.521. The van der Waals surface area contributed by atoms with E-state index in [2.05, 4.69) is 21.8 Å². The maximum atomic E-state index is 12.9. The fraction of sp³-hybridized carbons (Fsp3) is 0.333. The summed E-state index contributed by atoms with van der Waals surface area (Å²) in [6.45, 7) is 0. The predicted octanol–water partition coefficient (Wildman–Crippen LogP) is 3.84. The number of anilines is 2. The smallest absolute Gasteiger partial charge is 0.383 e. The molecule has 4 nitrogen and oxygen atoms in total. The Morgan fingerprint density at radius 1 is 0.929 bits per heavy atom. The largest absolute Gasteiger partial charge is 0.416 e. The molecule has 1 aromatic heterocycles. The van der Waals surface area contributed by atoms with Crippen molar-refractivity contribution in [1.82, 2.24) is 9.97 Å². The Balaban J connectivity index is 1.92. The van der Waals surface area contributed by atoms with Crippen molar-refractivity contribution in [1.29, 1.82) is 0 Å². The van der Waals surface area contributed by atoms with Crippen molar-refractivity contribution in [2.24, 2.45) is 5.92 Å². The van der Waals surface area contributed by atoms with Gasteiger partial charge >= 0.3 is 12.4 Å². The highest BCUT2D eigenvalue weighted by atomic mass is 19.4. The van der Waals surface area contributed by atoms with Crippen LogP contribution in [0, 0.1) is 17.8 Å². The van der Waals surface area contributed by atoms with E-state index in [1.54, 1.807) is 0 Å². The first kappa shape index (κ1) is 19.8. The second-order valence-electron chi connectivity index (χ2n) is 6.40. The van der Waals surface area contributed by atoms with Crippen LogP contribution in [-0.4, -0.2) is 9.97 Å². The first-order valence-corrected chi connectivity index (χ1v) is 8.15. The van der Waals surface area contributed by atoms with Crippen LogP contribution in [0.2, 0.25) is 0 Å². The van der Waals surface area contributed by atoms with Gasteiger partial charge in [0.05, 0.1) is 16.8 Å². The van der Waals surface area contributed by atoms with Gasteiger partial charge in [0.1, 0.15) is 5.82 Å². The number of aromatic nitrogens is 2. The number of halogens is 6. The highest BCUT2D eigenvalue weighted by Crippen LogP contribution is 2.36. The zero-order valence-corrected chi connectivity index (χ0v) is 14.2. The van der Waals surface area contributed by atoms with Gasteiger partial charge in [0.2, 0.25) is 5.95 Å². The molecule has 0 bridgehead atoms. The van der Waals surface area contributed by atoms with Crippen LogP contribution >= 0.6 is 0 Å². The standard InChI is InChI=1S/C18H14F6N4/c19-17(20,21)11-5-10(6-12(8-11)18(22,23)24)2-1-9-3-4-14-13(7-9)15(25)28-16(26)27-14/h5-6,8-9H,3-4,7H2,(H4,25,26,27,28). The first-order chi connectivity index (χ1) is 12.9. The molecule has 10 heteroatoms. The zero-order valence-electron chi connectivity index (χ0n) is 14.2. The Morgan fingerprint density at radius 3 is 2.11 bits per heavy atom. The topological polar surface area (TPSA) is 77.8 Å². The summed E-state index contributed by atoms with van der Waals surface area (Å²) in [6, 6.07) is 1.29. The van der Waals surface area contributed by atoms with Crippen LogP contribution in [-0.2, 0) is 25.2 Å². The molecule has 1 aromatic carbocycles. The van der Waals surface area contributed by atoms with Crippen LogP contribution in [0.15, 0.2) is 18.2 Å². The summed E-state index contributed by atoms with van der Waals surface area (Å²) >= 11 is 0. The van der Waals surface area contributed by atoms with Crippen LogP contribution in [0.25, 0.3) is 0 Å². The maximum Gasteiger partial charge on any atom is 0.416 e. The molecule has 1 heterocycles. The highest BCUT2D eigenvalue weighted by molar-refractivity contribution is 5.48. The second kappa shape index (κ2) is 6.89. The molecule has 4 N–H and O–H groups in total. The highest BCUT2D eigenvalue weighted by Gasteiger charge is 2.36. The van der Waals surface area contributed by atoms with Gasteiger partial charge in [-0.05, 0) is 37.5 Å². The van der Waals surface area contributed by atoms with Gasteiger partial charge in [-0.15, -0.1) is 0 Å². The molecule has 148 valence electrons. The molecular weight excluding hydrogens is 386 g/mol. The molecule has 1 atom stereocenters. The van der Waals surface area contributed by atoms with Gasteiger partial charge in [-0.3, -0.25) is 0 Å². The monoisotopic (exact) mass is 400 g/mol. The van der Waals surface area contributed by atoms with E-state index in [0.717, 1.165) is 0 Å². The van der Waals surface area contributed by atoms with Crippen molar-refractivity contribution in [2.75, 3.05) is 11.5 Å². The van der Waals surface area contributed by atoms with Crippen molar-refractivity contribution >= 4 is 11.8 Å². The Morgan fingerprint density at radius 2 is 1.54 bits per heavy atom. The fourth-order valence-corrected chi connectivity index (χ4v) is 2.99. The Labute approximate surface area is 156 Å². The van der Waals surface area contributed by atoms with Gasteiger partial charge in [0, 0.05) is 17.0 Å². The summed E-state index contributed by atoms with van der Waals surface area (Å²) in [7, 11) is 0. The van der Waals surface area contributed by atoms with Gasteiger partial charge < -0.3 is 11.5 Å². The van der Waals surface area contributed by atoms with E-state index in [4.69, 9.17) is 11.5 Å². The lowest BCUT2D eigenvalue weighted by Gasteiger charge is -2.21. The minimum absolute atomic E-state index is 0.0458. The number of nitrogens with zero attached hydrogens (tertiary/aromatic N) is 2. The Hall–Kier alpha value is -2.96. The number of hydrogen-bond donors (Lipinski definition) is 2. The average Bonchev–Trinajstić information content (AvgIpc) is 2.58. The minimum atomic E-state index is -4.91. The molecule has 1 aliphatic carbocycles. The molecule has 2 aromatic rings. The molecule has 0 saturated carbocycles. The summed E-state index contributed by atoms with van der Waals surface area (Å²) in [5.74, 6) is 5.14. The molecular formula is C18H14F6N4. The van der Waals surface area contributed by atoms with E-state index in [1.807, 2.05) is 0 Å². The maximum absolute atomic E-state index is 12.9. The van der Waals surface area contributed by atoms with Crippen molar-refractivity contribution in [3.8, 4) is 11.8 Å². The molecule has 0 radical (unpaired) electrons. The molecule has 1 aliphatic rings. The Bertz CT molecular complexity index is 937. The van der Waals surface area contributed by atoms with Gasteiger partial charge in [0.25, 0.3) is 0 Å². The van der Waals surface area contributed by atoms with E-state index >= 15 is 0 Å². The van der Waals surface area contributed by atoms with E-state index in [9.17, 15) is 26.3 Å². The molecule has 28 heavy (non-hydrogen) atoms. The third kappa shape index (κ3) is 4.30. The van der Waals surface area contributed by atoms with Gasteiger partial charge in [-0.25, -0.2) is 4.98 Å². The summed E-state index contributed by atoms with van der Waals surface area (Å²) in [6.07, 6.45) is -8.46. The summed E-state index contributed by atoms with van der Waals surface area (Å²) < 4.78 is 77.5. The van der Waals surface area contributed by atoms with Gasteiger partial charge in [-0.2, -0.15) is 31.3 Å². The Kier molecular flexibility index (Phi) is 4.87. The van der Waals surface area contributed by atoms with E-state index in [-0.39, 0.29) is 29.3 Å². The number of benzene rings is 1. The van der Waals surface area contributed by atoms with E-state index < -0.39 is 23.5 Å². The summed E-state index contributed by atoms with van der Waals surface area (Å²) in [4.78, 5) is 7.96. The third-order valence-corrected chi connectivity index (χ3v) is 4.33. The summed E-state index contributed by atoms with van der Waals surface area (Å²) in [5.41, 5.74) is 9.55. The molecule has 0 saturated heterocycles. The van der Waals surface area contributed by atoms with Crippen LogP contribution in [0.5, 0.6) is 0 Å². The van der Waals surface area contributed by atoms with E-state index in [0.29, 0.717) is 42.7 Å². The zero-order chi connectivity index (χ0) is 20.7. The molecule has 0 aliphatic heterocycles.